The van der Waals surface area contributed by atoms with E-state index in [9.17, 15) is 9.59 Å². The number of carbonyl (C=O) groups excluding carboxylic acids is 2. The molecule has 2 heterocycles. The molecule has 2 aliphatic rings. The van der Waals surface area contributed by atoms with Crippen LogP contribution in [0.2, 0.25) is 0 Å². The summed E-state index contributed by atoms with van der Waals surface area (Å²) in [5.41, 5.74) is 5.39. The largest absolute Gasteiger partial charge is 0.375 e. The first-order valence-corrected chi connectivity index (χ1v) is 7.75. The van der Waals surface area contributed by atoms with Crippen LogP contribution in [0.15, 0.2) is 0 Å². The minimum Gasteiger partial charge on any atom is -0.375 e. The molecule has 4 N–H and O–H groups in total. The number of amides is 2. The van der Waals surface area contributed by atoms with E-state index in [1.54, 1.807) is 4.90 Å². The number of piperidine rings is 1. The third-order valence-corrected chi connectivity index (χ3v) is 4.13. The Bertz CT molecular complexity index is 377. The quantitative estimate of drug-likeness (QED) is 0.598. The normalized spacial score (nSPS) is 30.0. The van der Waals surface area contributed by atoms with Crippen molar-refractivity contribution in [2.24, 2.45) is 11.7 Å². The molecule has 0 spiro atoms. The first kappa shape index (κ1) is 16.2. The number of ether oxygens (including phenoxy) is 1. The topological polar surface area (TPSA) is 96.7 Å². The maximum atomic E-state index is 12.6. The van der Waals surface area contributed by atoms with Crippen LogP contribution in [0.25, 0.3) is 0 Å². The lowest BCUT2D eigenvalue weighted by Gasteiger charge is -2.37. The second-order valence-corrected chi connectivity index (χ2v) is 5.71. The molecule has 1 unspecified atom stereocenters. The highest BCUT2D eigenvalue weighted by Gasteiger charge is 2.35. The van der Waals surface area contributed by atoms with Gasteiger partial charge in [-0.1, -0.05) is 0 Å². The molecule has 2 aliphatic heterocycles. The molecule has 0 aromatic rings. The third-order valence-electron chi connectivity index (χ3n) is 4.13. The minimum atomic E-state index is -0.301. The van der Waals surface area contributed by atoms with E-state index in [1.165, 1.54) is 0 Å². The summed E-state index contributed by atoms with van der Waals surface area (Å²) in [5, 5.41) is 6.02. The van der Waals surface area contributed by atoms with Crippen molar-refractivity contribution in [2.45, 2.75) is 31.9 Å². The van der Waals surface area contributed by atoms with E-state index in [0.29, 0.717) is 39.3 Å². The van der Waals surface area contributed by atoms with Gasteiger partial charge in [-0.05, 0) is 19.8 Å². The molecule has 120 valence electrons. The maximum Gasteiger partial charge on any atom is 0.242 e. The van der Waals surface area contributed by atoms with Crippen molar-refractivity contribution in [2.75, 3.05) is 39.3 Å². The molecule has 3 atom stereocenters. The lowest BCUT2D eigenvalue weighted by Crippen LogP contribution is -2.58. The molecule has 2 amide bonds. The van der Waals surface area contributed by atoms with Crippen LogP contribution in [0.5, 0.6) is 0 Å². The van der Waals surface area contributed by atoms with Crippen molar-refractivity contribution in [3.63, 3.8) is 0 Å². The minimum absolute atomic E-state index is 0.00106. The van der Waals surface area contributed by atoms with Gasteiger partial charge in [0.2, 0.25) is 11.8 Å². The number of morpholine rings is 1. The number of hydrogen-bond donors (Lipinski definition) is 3. The van der Waals surface area contributed by atoms with Gasteiger partial charge in [0, 0.05) is 32.7 Å². The second-order valence-electron chi connectivity index (χ2n) is 5.71. The number of nitrogens with two attached hydrogens (primary N) is 1. The molecule has 0 saturated carbocycles. The second kappa shape index (κ2) is 7.72. The molecule has 2 saturated heterocycles. The molecule has 2 rings (SSSR count). The van der Waals surface area contributed by atoms with Gasteiger partial charge in [0.25, 0.3) is 0 Å². The zero-order valence-corrected chi connectivity index (χ0v) is 12.6. The van der Waals surface area contributed by atoms with Crippen LogP contribution < -0.4 is 16.4 Å². The van der Waals surface area contributed by atoms with Crippen LogP contribution in [-0.4, -0.2) is 68.2 Å². The molecule has 0 radical (unpaired) electrons. The standard InChI is InChI=1S/C14H26N4O3/c1-10-12(16-6-8-21-10)14(20)18-7-2-3-11(9-18)13(19)17-5-4-15/h10-12,16H,2-9,15H2,1H3,(H,17,19)/t10-,11?,12+/m1/s1. The van der Waals surface area contributed by atoms with Crippen LogP contribution in [-0.2, 0) is 14.3 Å². The Morgan fingerprint density at radius 1 is 1.48 bits per heavy atom. The maximum absolute atomic E-state index is 12.6. The van der Waals surface area contributed by atoms with E-state index in [1.807, 2.05) is 6.92 Å². The smallest absolute Gasteiger partial charge is 0.242 e. The van der Waals surface area contributed by atoms with Gasteiger partial charge in [0.15, 0.2) is 0 Å². The Kier molecular flexibility index (Phi) is 5.96. The average molecular weight is 298 g/mol. The van der Waals surface area contributed by atoms with Crippen molar-refractivity contribution in [1.29, 1.82) is 0 Å². The van der Waals surface area contributed by atoms with Crippen LogP contribution in [0, 0.1) is 5.92 Å². The van der Waals surface area contributed by atoms with E-state index in [2.05, 4.69) is 10.6 Å². The number of likely N-dealkylation sites (tertiary alicyclic amines) is 1. The lowest BCUT2D eigenvalue weighted by molar-refractivity contribution is -0.142. The molecule has 0 aliphatic carbocycles. The van der Waals surface area contributed by atoms with Crippen LogP contribution in [0.4, 0.5) is 0 Å². The van der Waals surface area contributed by atoms with E-state index in [0.717, 1.165) is 12.8 Å². The summed E-state index contributed by atoms with van der Waals surface area (Å²) < 4.78 is 5.53. The number of nitrogens with one attached hydrogen (secondary N) is 2. The van der Waals surface area contributed by atoms with Gasteiger partial charge in [-0.2, -0.15) is 0 Å². The molecular formula is C14H26N4O3. The highest BCUT2D eigenvalue weighted by molar-refractivity contribution is 5.84. The first-order chi connectivity index (χ1) is 10.1. The number of hydrogen-bond acceptors (Lipinski definition) is 5. The molecule has 0 aromatic carbocycles. The van der Waals surface area contributed by atoms with Gasteiger partial charge in [0.1, 0.15) is 6.04 Å². The summed E-state index contributed by atoms with van der Waals surface area (Å²) in [4.78, 5) is 26.4. The van der Waals surface area contributed by atoms with E-state index in [-0.39, 0.29) is 29.9 Å². The molecule has 7 nitrogen and oxygen atoms in total. The monoisotopic (exact) mass is 298 g/mol. The molecule has 0 bridgehead atoms. The van der Waals surface area contributed by atoms with Crippen molar-refractivity contribution in [3.8, 4) is 0 Å². The van der Waals surface area contributed by atoms with Gasteiger partial charge in [-0.3, -0.25) is 9.59 Å². The van der Waals surface area contributed by atoms with Gasteiger partial charge >= 0.3 is 0 Å². The summed E-state index contributed by atoms with van der Waals surface area (Å²) in [7, 11) is 0. The summed E-state index contributed by atoms with van der Waals surface area (Å²) >= 11 is 0. The molecule has 7 heteroatoms. The number of rotatable bonds is 4. The van der Waals surface area contributed by atoms with Gasteiger partial charge in [-0.25, -0.2) is 0 Å². The Hall–Kier alpha value is -1.18. The van der Waals surface area contributed by atoms with Gasteiger partial charge < -0.3 is 26.0 Å². The lowest BCUT2D eigenvalue weighted by atomic mass is 9.96. The van der Waals surface area contributed by atoms with Crippen molar-refractivity contribution >= 4 is 11.8 Å². The van der Waals surface area contributed by atoms with E-state index < -0.39 is 0 Å². The number of carbonyl (C=O) groups is 2. The van der Waals surface area contributed by atoms with E-state index in [4.69, 9.17) is 10.5 Å². The van der Waals surface area contributed by atoms with Crippen molar-refractivity contribution < 1.29 is 14.3 Å². The molecule has 0 aromatic heterocycles. The highest BCUT2D eigenvalue weighted by Crippen LogP contribution is 2.19. The predicted molar refractivity (Wildman–Crippen MR) is 78.6 cm³/mol. The molecular weight excluding hydrogens is 272 g/mol. The zero-order valence-electron chi connectivity index (χ0n) is 12.6. The Labute approximate surface area is 125 Å². The fourth-order valence-electron chi connectivity index (χ4n) is 2.94. The predicted octanol–water partition coefficient (Wildman–Crippen LogP) is -1.32. The zero-order chi connectivity index (χ0) is 15.2. The number of nitrogens with zero attached hydrogens (tertiary/aromatic N) is 1. The van der Waals surface area contributed by atoms with Gasteiger partial charge in [0.05, 0.1) is 18.6 Å². The Morgan fingerprint density at radius 2 is 2.29 bits per heavy atom. The van der Waals surface area contributed by atoms with Gasteiger partial charge in [-0.15, -0.1) is 0 Å². The summed E-state index contributed by atoms with van der Waals surface area (Å²) in [6, 6.07) is -0.301. The highest BCUT2D eigenvalue weighted by atomic mass is 16.5. The van der Waals surface area contributed by atoms with E-state index >= 15 is 0 Å². The van der Waals surface area contributed by atoms with Crippen molar-refractivity contribution in [1.82, 2.24) is 15.5 Å². The third kappa shape index (κ3) is 4.15. The summed E-state index contributed by atoms with van der Waals surface area (Å²) in [5.74, 6) is -0.0913. The summed E-state index contributed by atoms with van der Waals surface area (Å²) in [6.07, 6.45) is 1.55. The van der Waals surface area contributed by atoms with Crippen LogP contribution in [0.1, 0.15) is 19.8 Å². The Balaban J connectivity index is 1.90. The summed E-state index contributed by atoms with van der Waals surface area (Å²) in [6.45, 7) is 5.35. The van der Waals surface area contributed by atoms with Crippen molar-refractivity contribution in [3.05, 3.63) is 0 Å². The van der Waals surface area contributed by atoms with Crippen LogP contribution in [0.3, 0.4) is 0 Å². The Morgan fingerprint density at radius 3 is 3.00 bits per heavy atom. The molecule has 21 heavy (non-hydrogen) atoms. The van der Waals surface area contributed by atoms with Crippen LogP contribution >= 0.6 is 0 Å². The fraction of sp³-hybridized carbons (Fsp3) is 0.857. The molecule has 2 fully saturated rings. The first-order valence-electron chi connectivity index (χ1n) is 7.75. The fourth-order valence-corrected chi connectivity index (χ4v) is 2.94. The SMILES string of the molecule is C[C@H]1OCCN[C@@H]1C(=O)N1CCCC(C(=O)NCCN)C1. The average Bonchev–Trinajstić information content (AvgIpc) is 2.52.